The Morgan fingerprint density at radius 2 is 1.88 bits per heavy atom. The van der Waals surface area contributed by atoms with Crippen LogP contribution in [0.4, 0.5) is 0 Å². The van der Waals surface area contributed by atoms with Crippen LogP contribution in [0.5, 0.6) is 5.75 Å². The van der Waals surface area contributed by atoms with Gasteiger partial charge in [0.25, 0.3) is 0 Å². The minimum Gasteiger partial charge on any atom is -0.746 e. The molecule has 0 radical (unpaired) electrons. The quantitative estimate of drug-likeness (QED) is 0.457. The first-order valence-corrected chi connectivity index (χ1v) is 5.78. The van der Waals surface area contributed by atoms with E-state index in [4.69, 9.17) is 9.84 Å². The van der Waals surface area contributed by atoms with Gasteiger partial charge in [-0.3, -0.25) is 0 Å². The number of hydrogen-bond acceptors (Lipinski definition) is 5. The van der Waals surface area contributed by atoms with Gasteiger partial charge in [0.1, 0.15) is 21.3 Å². The molecule has 0 aliphatic heterocycles. The molecule has 0 aromatic heterocycles. The van der Waals surface area contributed by atoms with Crippen molar-refractivity contribution >= 4 is 10.1 Å². The van der Waals surface area contributed by atoms with Gasteiger partial charge in [-0.2, -0.15) is 0 Å². The summed E-state index contributed by atoms with van der Waals surface area (Å²) in [5.74, 6) is 0.563. The number of rotatable bonds is 5. The van der Waals surface area contributed by atoms with Gasteiger partial charge >= 0.3 is 29.6 Å². The second kappa shape index (κ2) is 7.26. The van der Waals surface area contributed by atoms with Crippen molar-refractivity contribution in [1.29, 1.82) is 0 Å². The van der Waals surface area contributed by atoms with Gasteiger partial charge in [0.15, 0.2) is 0 Å². The van der Waals surface area contributed by atoms with Gasteiger partial charge < -0.3 is 14.4 Å². The van der Waals surface area contributed by atoms with Crippen LogP contribution in [0.3, 0.4) is 0 Å². The molecule has 0 aliphatic rings. The van der Waals surface area contributed by atoms with Gasteiger partial charge in [-0.05, 0) is 12.1 Å². The van der Waals surface area contributed by atoms with Crippen molar-refractivity contribution in [1.82, 2.24) is 0 Å². The van der Waals surface area contributed by atoms with Crippen molar-refractivity contribution in [2.45, 2.75) is 11.9 Å². The molecule has 1 atom stereocenters. The van der Waals surface area contributed by atoms with Crippen molar-refractivity contribution < 1.29 is 52.4 Å². The molecule has 84 valence electrons. The standard InChI is InChI=1S/C9H12O5S.Na/c10-9(15(11,12)13)6-7-14-8-4-2-1-3-5-8;/h1-5,9-10H,6-7H2,(H,11,12,13);/q;+1/p-1. The fraction of sp³-hybridized carbons (Fsp3) is 0.333. The van der Waals surface area contributed by atoms with Crippen LogP contribution in [0.1, 0.15) is 6.42 Å². The summed E-state index contributed by atoms with van der Waals surface area (Å²) in [4.78, 5) is 0. The molecule has 0 aliphatic carbocycles. The first-order valence-electron chi connectivity index (χ1n) is 4.31. The Labute approximate surface area is 116 Å². The number of aliphatic hydroxyl groups is 1. The molecule has 1 aromatic carbocycles. The van der Waals surface area contributed by atoms with Crippen LogP contribution in [0.25, 0.3) is 0 Å². The molecular weight excluding hydrogens is 243 g/mol. The summed E-state index contributed by atoms with van der Waals surface area (Å²) in [6.45, 7) is -0.0212. The summed E-state index contributed by atoms with van der Waals surface area (Å²) < 4.78 is 36.0. The predicted molar refractivity (Wildman–Crippen MR) is 52.3 cm³/mol. The first-order chi connectivity index (χ1) is 7.00. The number of aliphatic hydroxyl groups excluding tert-OH is 1. The zero-order valence-electron chi connectivity index (χ0n) is 8.87. The monoisotopic (exact) mass is 254 g/mol. The maximum absolute atomic E-state index is 10.3. The summed E-state index contributed by atoms with van der Waals surface area (Å²) in [6, 6.07) is 8.71. The first kappa shape index (κ1) is 15.9. The van der Waals surface area contributed by atoms with Crippen LogP contribution >= 0.6 is 0 Å². The molecule has 7 heteroatoms. The van der Waals surface area contributed by atoms with Crippen LogP contribution in [-0.4, -0.2) is 30.1 Å². The Morgan fingerprint density at radius 3 is 2.38 bits per heavy atom. The summed E-state index contributed by atoms with van der Waals surface area (Å²) in [7, 11) is -4.63. The molecule has 1 unspecified atom stereocenters. The number of para-hydroxylation sites is 1. The summed E-state index contributed by atoms with van der Waals surface area (Å²) in [5, 5.41) is 8.88. The van der Waals surface area contributed by atoms with Gasteiger partial charge in [0.2, 0.25) is 0 Å². The number of ether oxygens (including phenoxy) is 1. The second-order valence-corrected chi connectivity index (χ2v) is 4.43. The molecule has 0 spiro atoms. The van der Waals surface area contributed by atoms with Crippen LogP contribution in [0.2, 0.25) is 0 Å². The van der Waals surface area contributed by atoms with E-state index >= 15 is 0 Å². The van der Waals surface area contributed by atoms with Crippen molar-refractivity contribution in [3.63, 3.8) is 0 Å². The van der Waals surface area contributed by atoms with E-state index in [1.54, 1.807) is 24.3 Å². The van der Waals surface area contributed by atoms with Crippen LogP contribution < -0.4 is 34.3 Å². The van der Waals surface area contributed by atoms with E-state index in [-0.39, 0.29) is 42.6 Å². The molecule has 0 fully saturated rings. The van der Waals surface area contributed by atoms with E-state index in [1.165, 1.54) is 0 Å². The third-order valence-electron chi connectivity index (χ3n) is 1.71. The van der Waals surface area contributed by atoms with Gasteiger partial charge in [-0.25, -0.2) is 8.42 Å². The molecule has 1 N–H and O–H groups in total. The molecule has 0 amide bonds. The van der Waals surface area contributed by atoms with Crippen molar-refractivity contribution in [2.75, 3.05) is 6.61 Å². The zero-order chi connectivity index (χ0) is 11.3. The molecule has 0 bridgehead atoms. The Morgan fingerprint density at radius 1 is 1.31 bits per heavy atom. The maximum Gasteiger partial charge on any atom is 1.00 e. The third kappa shape index (κ3) is 5.83. The summed E-state index contributed by atoms with van der Waals surface area (Å²) >= 11 is 0. The van der Waals surface area contributed by atoms with Gasteiger partial charge in [0.05, 0.1) is 6.61 Å². The smallest absolute Gasteiger partial charge is 0.746 e. The van der Waals surface area contributed by atoms with Crippen molar-refractivity contribution in [3.8, 4) is 5.75 Å². The fourth-order valence-electron chi connectivity index (χ4n) is 0.939. The molecule has 1 aromatic rings. The predicted octanol–water partition coefficient (Wildman–Crippen LogP) is -2.68. The molecular formula is C9H11NaO5S. The molecule has 1 rings (SSSR count). The van der Waals surface area contributed by atoms with Gasteiger partial charge in [0, 0.05) is 6.42 Å². The van der Waals surface area contributed by atoms with Crippen molar-refractivity contribution in [3.05, 3.63) is 30.3 Å². The normalized spacial score (nSPS) is 12.6. The average molecular weight is 254 g/mol. The molecule has 16 heavy (non-hydrogen) atoms. The number of benzene rings is 1. The van der Waals surface area contributed by atoms with E-state index in [9.17, 15) is 13.0 Å². The number of hydrogen-bond donors (Lipinski definition) is 1. The van der Waals surface area contributed by atoms with Crippen LogP contribution in [0.15, 0.2) is 30.3 Å². The van der Waals surface area contributed by atoms with Gasteiger partial charge in [-0.1, -0.05) is 18.2 Å². The Kier molecular flexibility index (Phi) is 7.21. The van der Waals surface area contributed by atoms with E-state index in [0.29, 0.717) is 5.75 Å². The summed E-state index contributed by atoms with van der Waals surface area (Å²) in [6.07, 6.45) is -0.235. The Bertz CT molecular complexity index is 392. The van der Waals surface area contributed by atoms with Crippen LogP contribution in [0, 0.1) is 0 Å². The average Bonchev–Trinajstić information content (AvgIpc) is 2.18. The van der Waals surface area contributed by atoms with Crippen molar-refractivity contribution in [2.24, 2.45) is 0 Å². The maximum atomic E-state index is 10.3. The molecule has 0 saturated carbocycles. The fourth-order valence-corrected chi connectivity index (χ4v) is 1.32. The molecule has 0 saturated heterocycles. The topological polar surface area (TPSA) is 86.7 Å². The van der Waals surface area contributed by atoms with E-state index in [2.05, 4.69) is 0 Å². The largest absolute Gasteiger partial charge is 1.00 e. The van der Waals surface area contributed by atoms with E-state index in [1.807, 2.05) is 6.07 Å². The van der Waals surface area contributed by atoms with Crippen LogP contribution in [-0.2, 0) is 10.1 Å². The minimum atomic E-state index is -4.63. The minimum absolute atomic E-state index is 0. The van der Waals surface area contributed by atoms with E-state index in [0.717, 1.165) is 0 Å². The second-order valence-electron chi connectivity index (χ2n) is 2.90. The van der Waals surface area contributed by atoms with E-state index < -0.39 is 15.6 Å². The SMILES string of the molecule is O=S(=O)([O-])C(O)CCOc1ccccc1.[Na+]. The molecule has 0 heterocycles. The zero-order valence-corrected chi connectivity index (χ0v) is 11.7. The molecule has 5 nitrogen and oxygen atoms in total. The Balaban J connectivity index is 0.00000225. The van der Waals surface area contributed by atoms with Gasteiger partial charge in [-0.15, -0.1) is 0 Å². The summed E-state index contributed by atoms with van der Waals surface area (Å²) in [5.41, 5.74) is -1.90. The Hall–Kier alpha value is -0.110. The third-order valence-corrected chi connectivity index (χ3v) is 2.61.